The average Bonchev–Trinajstić information content (AvgIpc) is 3.34. The van der Waals surface area contributed by atoms with Crippen LogP contribution < -0.4 is 0 Å². The average molecular weight is 452 g/mol. The number of nitro groups is 1. The van der Waals surface area contributed by atoms with Crippen LogP contribution >= 0.6 is 11.3 Å². The molecule has 164 valence electrons. The van der Waals surface area contributed by atoms with Crippen molar-refractivity contribution in [3.63, 3.8) is 0 Å². The summed E-state index contributed by atoms with van der Waals surface area (Å²) in [5.74, 6) is -1.07. The summed E-state index contributed by atoms with van der Waals surface area (Å²) in [6, 6.07) is 12.4. The number of imide groups is 1. The SMILES string of the molecule is CC(c1nc2ccccc2s1)N1CCN(CN2C(=O)c3cccc([N+](=O)[O-])c3C2=O)CC1. The van der Waals surface area contributed by atoms with Crippen LogP contribution in [0.1, 0.15) is 38.7 Å². The van der Waals surface area contributed by atoms with Crippen LogP contribution in [-0.2, 0) is 0 Å². The Balaban J connectivity index is 1.24. The molecule has 0 N–H and O–H groups in total. The van der Waals surface area contributed by atoms with Crippen LogP contribution in [0.3, 0.4) is 0 Å². The number of amides is 2. The number of para-hydroxylation sites is 1. The van der Waals surface area contributed by atoms with Gasteiger partial charge in [0.05, 0.1) is 33.4 Å². The normalized spacial score (nSPS) is 18.3. The maximum atomic E-state index is 12.8. The minimum Gasteiger partial charge on any atom is -0.292 e. The maximum absolute atomic E-state index is 12.8. The summed E-state index contributed by atoms with van der Waals surface area (Å²) in [4.78, 5) is 46.5. The van der Waals surface area contributed by atoms with Gasteiger partial charge in [-0.15, -0.1) is 11.3 Å². The Morgan fingerprint density at radius 2 is 1.81 bits per heavy atom. The van der Waals surface area contributed by atoms with Gasteiger partial charge in [0.15, 0.2) is 0 Å². The van der Waals surface area contributed by atoms with Crippen LogP contribution in [0.15, 0.2) is 42.5 Å². The summed E-state index contributed by atoms with van der Waals surface area (Å²) in [6.07, 6.45) is 0. The van der Waals surface area contributed by atoms with Crippen molar-refractivity contribution in [3.05, 3.63) is 68.7 Å². The van der Waals surface area contributed by atoms with Crippen molar-refractivity contribution in [2.24, 2.45) is 0 Å². The molecule has 1 saturated heterocycles. The summed E-state index contributed by atoms with van der Waals surface area (Å²) in [6.45, 7) is 5.21. The predicted molar refractivity (Wildman–Crippen MR) is 120 cm³/mol. The minimum atomic E-state index is -0.615. The number of aromatic nitrogens is 1. The van der Waals surface area contributed by atoms with Gasteiger partial charge in [-0.2, -0.15) is 0 Å². The number of nitro benzene ring substituents is 1. The van der Waals surface area contributed by atoms with Crippen LogP contribution in [0.2, 0.25) is 0 Å². The number of thiazole rings is 1. The van der Waals surface area contributed by atoms with E-state index < -0.39 is 16.7 Å². The zero-order valence-electron chi connectivity index (χ0n) is 17.4. The third kappa shape index (κ3) is 3.46. The summed E-state index contributed by atoms with van der Waals surface area (Å²) >= 11 is 1.70. The Labute approximate surface area is 188 Å². The molecule has 1 unspecified atom stereocenters. The molecular weight excluding hydrogens is 430 g/mol. The molecule has 2 amide bonds. The van der Waals surface area contributed by atoms with Gasteiger partial charge in [-0.05, 0) is 25.1 Å². The van der Waals surface area contributed by atoms with Gasteiger partial charge in [0.1, 0.15) is 10.6 Å². The van der Waals surface area contributed by atoms with Gasteiger partial charge < -0.3 is 0 Å². The number of fused-ring (bicyclic) bond motifs is 2. The molecule has 0 spiro atoms. The van der Waals surface area contributed by atoms with E-state index in [1.807, 2.05) is 23.1 Å². The fourth-order valence-corrected chi connectivity index (χ4v) is 5.37. The topological polar surface area (TPSA) is 99.9 Å². The fourth-order valence-electron chi connectivity index (χ4n) is 4.31. The third-order valence-electron chi connectivity index (χ3n) is 6.14. The number of carbonyl (C=O) groups is 2. The van der Waals surface area contributed by atoms with E-state index in [-0.39, 0.29) is 29.5 Å². The molecule has 9 nitrogen and oxygen atoms in total. The van der Waals surface area contributed by atoms with Gasteiger partial charge in [0.2, 0.25) is 0 Å². The summed E-state index contributed by atoms with van der Waals surface area (Å²) < 4.78 is 1.17. The van der Waals surface area contributed by atoms with E-state index >= 15 is 0 Å². The molecule has 2 aromatic carbocycles. The molecule has 32 heavy (non-hydrogen) atoms. The molecule has 2 aliphatic heterocycles. The van der Waals surface area contributed by atoms with Gasteiger partial charge in [-0.3, -0.25) is 34.4 Å². The van der Waals surface area contributed by atoms with E-state index in [1.54, 1.807) is 11.3 Å². The molecule has 0 aliphatic carbocycles. The lowest BCUT2D eigenvalue weighted by Gasteiger charge is -2.38. The van der Waals surface area contributed by atoms with E-state index in [0.29, 0.717) is 13.1 Å². The van der Waals surface area contributed by atoms with Crippen molar-refractivity contribution >= 4 is 39.1 Å². The second-order valence-corrected chi connectivity index (χ2v) is 9.05. The summed E-state index contributed by atoms with van der Waals surface area (Å²) in [5.41, 5.74) is 0.688. The van der Waals surface area contributed by atoms with Gasteiger partial charge in [0.25, 0.3) is 17.5 Å². The number of nitrogens with zero attached hydrogens (tertiary/aromatic N) is 5. The highest BCUT2D eigenvalue weighted by Gasteiger charge is 2.41. The molecule has 3 aromatic rings. The Hall–Kier alpha value is -3.21. The highest BCUT2D eigenvalue weighted by atomic mass is 32.1. The lowest BCUT2D eigenvalue weighted by molar-refractivity contribution is -0.385. The number of hydrogen-bond donors (Lipinski definition) is 0. The Kier molecular flexibility index (Phi) is 5.20. The molecule has 5 rings (SSSR count). The van der Waals surface area contributed by atoms with E-state index in [9.17, 15) is 19.7 Å². The highest BCUT2D eigenvalue weighted by Crippen LogP contribution is 2.32. The molecule has 0 radical (unpaired) electrons. The first-order valence-electron chi connectivity index (χ1n) is 10.4. The van der Waals surface area contributed by atoms with Crippen LogP contribution in [0, 0.1) is 10.1 Å². The second kappa shape index (κ2) is 8.05. The van der Waals surface area contributed by atoms with Crippen LogP contribution in [0.5, 0.6) is 0 Å². The van der Waals surface area contributed by atoms with Crippen molar-refractivity contribution in [2.45, 2.75) is 13.0 Å². The number of rotatable bonds is 5. The second-order valence-electron chi connectivity index (χ2n) is 7.99. The Morgan fingerprint density at radius 1 is 1.06 bits per heavy atom. The fraction of sp³-hybridized carbons (Fsp3) is 0.318. The first-order valence-corrected chi connectivity index (χ1v) is 11.2. The van der Waals surface area contributed by atoms with Crippen molar-refractivity contribution in [1.82, 2.24) is 19.7 Å². The number of carbonyl (C=O) groups excluding carboxylic acids is 2. The number of hydrogen-bond acceptors (Lipinski definition) is 8. The van der Waals surface area contributed by atoms with E-state index in [1.165, 1.54) is 22.9 Å². The van der Waals surface area contributed by atoms with Crippen LogP contribution in [-0.4, -0.2) is 69.3 Å². The largest absolute Gasteiger partial charge is 0.292 e. The molecular formula is C22H21N5O4S. The maximum Gasteiger partial charge on any atom is 0.282 e. The Bertz CT molecular complexity index is 1200. The van der Waals surface area contributed by atoms with Crippen molar-refractivity contribution in [1.29, 1.82) is 0 Å². The lowest BCUT2D eigenvalue weighted by atomic mass is 10.1. The summed E-state index contributed by atoms with van der Waals surface area (Å²) in [7, 11) is 0. The predicted octanol–water partition coefficient (Wildman–Crippen LogP) is 3.14. The van der Waals surface area contributed by atoms with E-state index in [4.69, 9.17) is 4.98 Å². The molecule has 1 atom stereocenters. The number of benzene rings is 2. The lowest BCUT2D eigenvalue weighted by Crippen LogP contribution is -2.51. The smallest absolute Gasteiger partial charge is 0.282 e. The zero-order valence-corrected chi connectivity index (χ0v) is 18.2. The van der Waals surface area contributed by atoms with Crippen molar-refractivity contribution in [3.8, 4) is 0 Å². The molecule has 3 heterocycles. The van der Waals surface area contributed by atoms with Crippen molar-refractivity contribution < 1.29 is 14.5 Å². The van der Waals surface area contributed by atoms with E-state index in [0.717, 1.165) is 28.5 Å². The standard InChI is InChI=1S/C22H21N5O4S/c1-14(20-23-16-6-2-3-8-18(16)32-20)25-11-9-24(10-12-25)13-26-21(28)15-5-4-7-17(27(30)31)19(15)22(26)29/h2-8,14H,9-13H2,1H3. The molecule has 1 aromatic heterocycles. The van der Waals surface area contributed by atoms with Gasteiger partial charge >= 0.3 is 0 Å². The summed E-state index contributed by atoms with van der Waals surface area (Å²) in [5, 5.41) is 12.4. The van der Waals surface area contributed by atoms with Gasteiger partial charge in [-0.1, -0.05) is 18.2 Å². The monoisotopic (exact) mass is 451 g/mol. The van der Waals surface area contributed by atoms with E-state index in [2.05, 4.69) is 17.9 Å². The zero-order chi connectivity index (χ0) is 22.4. The first kappa shape index (κ1) is 20.7. The molecule has 0 bridgehead atoms. The third-order valence-corrected chi connectivity index (χ3v) is 7.34. The minimum absolute atomic E-state index is 0.104. The molecule has 10 heteroatoms. The molecule has 1 fully saturated rings. The highest BCUT2D eigenvalue weighted by molar-refractivity contribution is 7.18. The first-order chi connectivity index (χ1) is 15.4. The van der Waals surface area contributed by atoms with Gasteiger partial charge in [-0.25, -0.2) is 4.98 Å². The Morgan fingerprint density at radius 3 is 2.53 bits per heavy atom. The molecule has 0 saturated carbocycles. The van der Waals surface area contributed by atoms with Crippen molar-refractivity contribution in [2.75, 3.05) is 32.8 Å². The number of piperazine rings is 1. The van der Waals surface area contributed by atoms with Crippen LogP contribution in [0.25, 0.3) is 10.2 Å². The van der Waals surface area contributed by atoms with Crippen LogP contribution in [0.4, 0.5) is 5.69 Å². The molecule has 2 aliphatic rings. The van der Waals surface area contributed by atoms with Gasteiger partial charge in [0, 0.05) is 32.2 Å². The quantitative estimate of drug-likeness (QED) is 0.334.